The van der Waals surface area contributed by atoms with E-state index in [9.17, 15) is 9.18 Å². The van der Waals surface area contributed by atoms with Crippen molar-refractivity contribution in [3.63, 3.8) is 0 Å². The molecule has 1 heterocycles. The minimum atomic E-state index is -0.458. The second-order valence-electron chi connectivity index (χ2n) is 5.71. The number of hydrogen-bond donors (Lipinski definition) is 0. The first-order chi connectivity index (χ1) is 13.5. The number of halogens is 2. The highest BCUT2D eigenvalue weighted by Gasteiger charge is 2.12. The Hall–Kier alpha value is -2.58. The lowest BCUT2D eigenvalue weighted by molar-refractivity contribution is -0.141. The largest absolute Gasteiger partial charge is 0.487 e. The van der Waals surface area contributed by atoms with Gasteiger partial charge in [0.15, 0.2) is 16.7 Å². The van der Waals surface area contributed by atoms with E-state index in [1.807, 2.05) is 25.1 Å². The number of rotatable bonds is 8. The second kappa shape index (κ2) is 9.57. The molecule has 0 fully saturated rings. The van der Waals surface area contributed by atoms with Crippen LogP contribution in [0.25, 0.3) is 5.69 Å². The molecule has 146 valence electrons. The number of para-hydroxylation sites is 1. The molecule has 6 nitrogen and oxygen atoms in total. The molecule has 0 bridgehead atoms. The molecule has 0 unspecified atom stereocenters. The molecular weight excluding hydrogens is 405 g/mol. The maximum absolute atomic E-state index is 13.4. The topological polar surface area (TPSA) is 66.2 Å². The van der Waals surface area contributed by atoms with Gasteiger partial charge in [-0.25, -0.2) is 4.39 Å². The van der Waals surface area contributed by atoms with E-state index in [0.717, 1.165) is 11.3 Å². The minimum absolute atomic E-state index is 0.0218. The summed E-state index contributed by atoms with van der Waals surface area (Å²) in [6, 6.07) is 11.7. The Morgan fingerprint density at radius 1 is 1.25 bits per heavy atom. The predicted molar refractivity (Wildman–Crippen MR) is 105 cm³/mol. The molecule has 2 aromatic carbocycles. The Morgan fingerprint density at radius 3 is 2.86 bits per heavy atom. The van der Waals surface area contributed by atoms with Gasteiger partial charge in [0.1, 0.15) is 19.5 Å². The van der Waals surface area contributed by atoms with Crippen LogP contribution in [0.2, 0.25) is 5.02 Å². The Bertz CT molecular complexity index is 967. The minimum Gasteiger partial charge on any atom is -0.487 e. The molecule has 0 aliphatic heterocycles. The number of carbonyl (C=O) groups is 1. The van der Waals surface area contributed by atoms with E-state index in [1.165, 1.54) is 23.9 Å². The maximum Gasteiger partial charge on any atom is 0.316 e. The number of aryl methyl sites for hydroxylation is 1. The van der Waals surface area contributed by atoms with Crippen molar-refractivity contribution < 1.29 is 18.7 Å². The van der Waals surface area contributed by atoms with Crippen LogP contribution in [0.3, 0.4) is 0 Å². The summed E-state index contributed by atoms with van der Waals surface area (Å²) in [6.45, 7) is 2.00. The van der Waals surface area contributed by atoms with Crippen molar-refractivity contribution in [3.8, 4) is 11.4 Å². The van der Waals surface area contributed by atoms with Gasteiger partial charge in [-0.3, -0.25) is 9.36 Å². The van der Waals surface area contributed by atoms with Crippen LogP contribution in [0.15, 0.2) is 53.9 Å². The van der Waals surface area contributed by atoms with Gasteiger partial charge in [0.2, 0.25) is 0 Å². The van der Waals surface area contributed by atoms with Crippen LogP contribution in [0.1, 0.15) is 5.56 Å². The Labute approximate surface area is 170 Å². The van der Waals surface area contributed by atoms with Gasteiger partial charge in [-0.15, -0.1) is 10.2 Å². The molecule has 0 saturated heterocycles. The van der Waals surface area contributed by atoms with Crippen molar-refractivity contribution in [2.75, 3.05) is 19.0 Å². The van der Waals surface area contributed by atoms with E-state index < -0.39 is 11.8 Å². The van der Waals surface area contributed by atoms with E-state index in [0.29, 0.717) is 10.2 Å². The van der Waals surface area contributed by atoms with Crippen LogP contribution in [-0.4, -0.2) is 39.7 Å². The molecule has 0 amide bonds. The number of hydrogen-bond acceptors (Lipinski definition) is 6. The second-order valence-corrected chi connectivity index (χ2v) is 7.05. The predicted octanol–water partition coefficient (Wildman–Crippen LogP) is 4.08. The lowest BCUT2D eigenvalue weighted by atomic mass is 10.2. The lowest BCUT2D eigenvalue weighted by Crippen LogP contribution is -2.14. The fourth-order valence-electron chi connectivity index (χ4n) is 2.27. The molecule has 3 rings (SSSR count). The summed E-state index contributed by atoms with van der Waals surface area (Å²) < 4.78 is 25.5. The summed E-state index contributed by atoms with van der Waals surface area (Å²) in [4.78, 5) is 11.9. The van der Waals surface area contributed by atoms with Crippen molar-refractivity contribution in [2.24, 2.45) is 0 Å². The highest BCUT2D eigenvalue weighted by molar-refractivity contribution is 7.99. The Morgan fingerprint density at radius 2 is 2.07 bits per heavy atom. The number of aromatic nitrogens is 3. The van der Waals surface area contributed by atoms with E-state index in [1.54, 1.807) is 23.0 Å². The van der Waals surface area contributed by atoms with Crippen molar-refractivity contribution in [1.29, 1.82) is 0 Å². The molecule has 0 spiro atoms. The first kappa shape index (κ1) is 20.2. The fraction of sp³-hybridized carbons (Fsp3) is 0.211. The molecule has 0 aliphatic carbocycles. The summed E-state index contributed by atoms with van der Waals surface area (Å²) in [5.74, 6) is -0.714. The first-order valence-corrected chi connectivity index (χ1v) is 9.73. The maximum atomic E-state index is 13.4. The molecule has 0 aliphatic rings. The van der Waals surface area contributed by atoms with Crippen molar-refractivity contribution in [1.82, 2.24) is 14.8 Å². The van der Waals surface area contributed by atoms with Gasteiger partial charge in [0.05, 0.1) is 11.4 Å². The average molecular weight is 422 g/mol. The van der Waals surface area contributed by atoms with E-state index in [-0.39, 0.29) is 24.7 Å². The van der Waals surface area contributed by atoms with Crippen molar-refractivity contribution in [3.05, 3.63) is 65.2 Å². The smallest absolute Gasteiger partial charge is 0.316 e. The quantitative estimate of drug-likeness (QED) is 0.310. The number of thioether (sulfide) groups is 1. The van der Waals surface area contributed by atoms with E-state index in [4.69, 9.17) is 21.1 Å². The van der Waals surface area contributed by atoms with Crippen LogP contribution in [-0.2, 0) is 9.53 Å². The zero-order valence-corrected chi connectivity index (χ0v) is 16.5. The standard InChI is InChI=1S/C19H17ClFN3O3S/c1-13-6-7-14(10-15(13)20)24-12-22-23-19(24)28-11-18(25)27-9-8-26-17-5-3-2-4-16(17)21/h2-7,10,12H,8-9,11H2,1H3. The van der Waals surface area contributed by atoms with Crippen LogP contribution >= 0.6 is 23.4 Å². The van der Waals surface area contributed by atoms with Gasteiger partial charge in [0, 0.05) is 5.02 Å². The van der Waals surface area contributed by atoms with Crippen LogP contribution in [0.4, 0.5) is 4.39 Å². The molecular formula is C19H17ClFN3O3S. The monoisotopic (exact) mass is 421 g/mol. The Balaban J connectivity index is 1.47. The lowest BCUT2D eigenvalue weighted by Gasteiger charge is -2.09. The van der Waals surface area contributed by atoms with Crippen molar-refractivity contribution >= 4 is 29.3 Å². The number of nitrogens with zero attached hydrogens (tertiary/aromatic N) is 3. The number of carbonyl (C=O) groups excluding carboxylic acids is 1. The fourth-order valence-corrected chi connectivity index (χ4v) is 3.17. The SMILES string of the molecule is Cc1ccc(-n2cnnc2SCC(=O)OCCOc2ccccc2F)cc1Cl. The molecule has 0 saturated carbocycles. The van der Waals surface area contributed by atoms with Crippen LogP contribution in [0, 0.1) is 12.7 Å². The van der Waals surface area contributed by atoms with Gasteiger partial charge >= 0.3 is 5.97 Å². The highest BCUT2D eigenvalue weighted by atomic mass is 35.5. The summed E-state index contributed by atoms with van der Waals surface area (Å²) in [5.41, 5.74) is 1.77. The van der Waals surface area contributed by atoms with Crippen molar-refractivity contribution in [2.45, 2.75) is 12.1 Å². The number of esters is 1. The van der Waals surface area contributed by atoms with Gasteiger partial charge < -0.3 is 9.47 Å². The summed E-state index contributed by atoms with van der Waals surface area (Å²) in [6.07, 6.45) is 1.55. The number of benzene rings is 2. The van der Waals surface area contributed by atoms with Gasteiger partial charge in [-0.05, 0) is 36.8 Å². The first-order valence-electron chi connectivity index (χ1n) is 8.37. The molecule has 0 radical (unpaired) electrons. The van der Waals surface area contributed by atoms with Gasteiger partial charge in [0.25, 0.3) is 0 Å². The molecule has 9 heteroatoms. The highest BCUT2D eigenvalue weighted by Crippen LogP contribution is 2.23. The third kappa shape index (κ3) is 5.24. The molecule has 0 atom stereocenters. The van der Waals surface area contributed by atoms with E-state index >= 15 is 0 Å². The van der Waals surface area contributed by atoms with E-state index in [2.05, 4.69) is 10.2 Å². The van der Waals surface area contributed by atoms with Gasteiger partial charge in [-0.1, -0.05) is 41.6 Å². The third-order valence-electron chi connectivity index (χ3n) is 3.71. The van der Waals surface area contributed by atoms with Crippen LogP contribution < -0.4 is 4.74 Å². The zero-order chi connectivity index (χ0) is 19.9. The average Bonchev–Trinajstić information content (AvgIpc) is 3.15. The molecule has 1 aromatic heterocycles. The normalized spacial score (nSPS) is 10.7. The molecule has 3 aromatic rings. The van der Waals surface area contributed by atoms with Gasteiger partial charge in [-0.2, -0.15) is 0 Å². The summed E-state index contributed by atoms with van der Waals surface area (Å²) in [7, 11) is 0. The third-order valence-corrected chi connectivity index (χ3v) is 5.03. The Kier molecular flexibility index (Phi) is 6.89. The number of ether oxygens (including phenoxy) is 2. The molecule has 0 N–H and O–H groups in total. The van der Waals surface area contributed by atoms with Crippen LogP contribution in [0.5, 0.6) is 5.75 Å². The zero-order valence-electron chi connectivity index (χ0n) is 15.0. The molecule has 28 heavy (non-hydrogen) atoms. The summed E-state index contributed by atoms with van der Waals surface area (Å²) >= 11 is 7.36. The summed E-state index contributed by atoms with van der Waals surface area (Å²) in [5, 5.41) is 9.09.